The van der Waals surface area contributed by atoms with Crippen molar-refractivity contribution < 1.29 is 23.5 Å². The van der Waals surface area contributed by atoms with Gasteiger partial charge in [0.15, 0.2) is 17.3 Å². The second kappa shape index (κ2) is 8.57. The number of urea groups is 1. The molecule has 2 aromatic carbocycles. The minimum atomic E-state index is -0.463. The van der Waals surface area contributed by atoms with Crippen molar-refractivity contribution >= 4 is 28.4 Å². The van der Waals surface area contributed by atoms with E-state index in [0.717, 1.165) is 0 Å². The number of anilines is 2. The SMILES string of the molecule is COc1cc2ncnc(Oc3cccc(NC(=O)Nc4cc(C)on4)c3)c2cc1OC. The van der Waals surface area contributed by atoms with Gasteiger partial charge in [0.05, 0.1) is 25.1 Å². The van der Waals surface area contributed by atoms with Crippen LogP contribution < -0.4 is 24.8 Å². The van der Waals surface area contributed by atoms with Crippen LogP contribution in [0.25, 0.3) is 10.9 Å². The van der Waals surface area contributed by atoms with Crippen LogP contribution in [0.1, 0.15) is 5.76 Å². The summed E-state index contributed by atoms with van der Waals surface area (Å²) in [5.74, 6) is 2.82. The number of methoxy groups -OCH3 is 2. The molecule has 0 aliphatic heterocycles. The number of hydrogen-bond donors (Lipinski definition) is 2. The van der Waals surface area contributed by atoms with E-state index >= 15 is 0 Å². The normalized spacial score (nSPS) is 10.5. The fourth-order valence-corrected chi connectivity index (χ4v) is 2.89. The molecule has 2 heterocycles. The predicted molar refractivity (Wildman–Crippen MR) is 113 cm³/mol. The fraction of sp³-hybridized carbons (Fsp3) is 0.143. The lowest BCUT2D eigenvalue weighted by Crippen LogP contribution is -2.19. The summed E-state index contributed by atoms with van der Waals surface area (Å²) >= 11 is 0. The molecule has 2 aromatic heterocycles. The summed E-state index contributed by atoms with van der Waals surface area (Å²) in [7, 11) is 3.11. The summed E-state index contributed by atoms with van der Waals surface area (Å²) in [5.41, 5.74) is 1.16. The first-order chi connectivity index (χ1) is 15.1. The molecule has 0 unspecified atom stereocenters. The number of aromatic nitrogens is 3. The van der Waals surface area contributed by atoms with Crippen molar-refractivity contribution in [3.05, 3.63) is 54.6 Å². The van der Waals surface area contributed by atoms with Gasteiger partial charge in [0.1, 0.15) is 17.8 Å². The van der Waals surface area contributed by atoms with Crippen LogP contribution in [0.2, 0.25) is 0 Å². The minimum Gasteiger partial charge on any atom is -0.493 e. The molecule has 0 radical (unpaired) electrons. The number of nitrogens with zero attached hydrogens (tertiary/aromatic N) is 3. The third-order valence-electron chi connectivity index (χ3n) is 4.28. The van der Waals surface area contributed by atoms with Crippen molar-refractivity contribution in [2.75, 3.05) is 24.9 Å². The number of fused-ring (bicyclic) bond motifs is 1. The summed E-state index contributed by atoms with van der Waals surface area (Å²) in [6.07, 6.45) is 1.40. The summed E-state index contributed by atoms with van der Waals surface area (Å²) in [6, 6.07) is 11.5. The molecule has 0 spiro atoms. The molecule has 31 heavy (non-hydrogen) atoms. The molecule has 0 fully saturated rings. The van der Waals surface area contributed by atoms with Gasteiger partial charge in [-0.2, -0.15) is 0 Å². The van der Waals surface area contributed by atoms with Crippen molar-refractivity contribution in [1.29, 1.82) is 0 Å². The Morgan fingerprint density at radius 1 is 1.00 bits per heavy atom. The Hall–Kier alpha value is -4.34. The van der Waals surface area contributed by atoms with Crippen LogP contribution in [-0.2, 0) is 0 Å². The number of nitrogens with one attached hydrogen (secondary N) is 2. The van der Waals surface area contributed by atoms with Gasteiger partial charge in [0.2, 0.25) is 5.88 Å². The second-order valence-electron chi connectivity index (χ2n) is 6.43. The molecule has 10 nitrogen and oxygen atoms in total. The maximum absolute atomic E-state index is 12.2. The van der Waals surface area contributed by atoms with Crippen molar-refractivity contribution in [2.45, 2.75) is 6.92 Å². The zero-order chi connectivity index (χ0) is 21.8. The van der Waals surface area contributed by atoms with E-state index in [9.17, 15) is 4.79 Å². The van der Waals surface area contributed by atoms with Gasteiger partial charge in [0.25, 0.3) is 0 Å². The van der Waals surface area contributed by atoms with Crippen LogP contribution in [0.4, 0.5) is 16.3 Å². The van der Waals surface area contributed by atoms with E-state index in [0.29, 0.717) is 51.3 Å². The topological polar surface area (TPSA) is 121 Å². The highest BCUT2D eigenvalue weighted by atomic mass is 16.5. The van der Waals surface area contributed by atoms with E-state index in [1.807, 2.05) is 0 Å². The van der Waals surface area contributed by atoms with Crippen LogP contribution in [0.5, 0.6) is 23.1 Å². The average Bonchev–Trinajstić information content (AvgIpc) is 3.17. The molecule has 0 bridgehead atoms. The van der Waals surface area contributed by atoms with Gasteiger partial charge in [-0.15, -0.1) is 0 Å². The zero-order valence-corrected chi connectivity index (χ0v) is 17.0. The number of ether oxygens (including phenoxy) is 3. The van der Waals surface area contributed by atoms with Crippen LogP contribution >= 0.6 is 0 Å². The minimum absolute atomic E-state index is 0.319. The summed E-state index contributed by atoms with van der Waals surface area (Å²) < 4.78 is 21.6. The molecule has 2 N–H and O–H groups in total. The Bertz CT molecular complexity index is 1240. The third kappa shape index (κ3) is 4.47. The highest BCUT2D eigenvalue weighted by Gasteiger charge is 2.13. The quantitative estimate of drug-likeness (QED) is 0.470. The smallest absolute Gasteiger partial charge is 0.324 e. The van der Waals surface area contributed by atoms with Crippen molar-refractivity contribution in [3.63, 3.8) is 0 Å². The Kier molecular flexibility index (Phi) is 5.52. The second-order valence-corrected chi connectivity index (χ2v) is 6.43. The van der Waals surface area contributed by atoms with E-state index in [1.54, 1.807) is 63.6 Å². The molecular formula is C21H19N5O5. The van der Waals surface area contributed by atoms with E-state index in [2.05, 4.69) is 25.8 Å². The molecular weight excluding hydrogens is 402 g/mol. The van der Waals surface area contributed by atoms with Gasteiger partial charge in [-0.3, -0.25) is 5.32 Å². The highest BCUT2D eigenvalue weighted by Crippen LogP contribution is 2.36. The van der Waals surface area contributed by atoms with Gasteiger partial charge in [-0.05, 0) is 25.1 Å². The maximum Gasteiger partial charge on any atom is 0.324 e. The van der Waals surface area contributed by atoms with Crippen LogP contribution in [-0.4, -0.2) is 35.4 Å². The monoisotopic (exact) mass is 421 g/mol. The van der Waals surface area contributed by atoms with Gasteiger partial charge >= 0.3 is 6.03 Å². The summed E-state index contributed by atoms with van der Waals surface area (Å²) in [5, 5.41) is 9.67. The average molecular weight is 421 g/mol. The predicted octanol–water partition coefficient (Wildman–Crippen LogP) is 4.38. The largest absolute Gasteiger partial charge is 0.493 e. The molecule has 4 rings (SSSR count). The van der Waals surface area contributed by atoms with Crippen LogP contribution in [0.3, 0.4) is 0 Å². The lowest BCUT2D eigenvalue weighted by atomic mass is 10.2. The number of carbonyl (C=O) groups excluding carboxylic acids is 1. The Balaban J connectivity index is 1.54. The van der Waals surface area contributed by atoms with E-state index in [1.165, 1.54) is 6.33 Å². The molecule has 0 aliphatic carbocycles. The number of benzene rings is 2. The van der Waals surface area contributed by atoms with Gasteiger partial charge in [-0.25, -0.2) is 14.8 Å². The third-order valence-corrected chi connectivity index (χ3v) is 4.28. The van der Waals surface area contributed by atoms with Crippen molar-refractivity contribution in [3.8, 4) is 23.1 Å². The standard InChI is InChI=1S/C21H19N5O5/c1-12-7-19(26-31-12)25-21(27)24-13-5-4-6-14(8-13)30-20-15-9-17(28-2)18(29-3)10-16(15)22-11-23-20/h4-11H,1-3H3,(H2,24,25,26,27). The van der Waals surface area contributed by atoms with Gasteiger partial charge < -0.3 is 24.1 Å². The first-order valence-electron chi connectivity index (χ1n) is 9.21. The summed E-state index contributed by atoms with van der Waals surface area (Å²) in [4.78, 5) is 20.7. The highest BCUT2D eigenvalue weighted by molar-refractivity contribution is 5.99. The molecule has 0 atom stereocenters. The number of hydrogen-bond acceptors (Lipinski definition) is 8. The Morgan fingerprint density at radius 2 is 1.81 bits per heavy atom. The first-order valence-corrected chi connectivity index (χ1v) is 9.21. The molecule has 0 saturated heterocycles. The molecule has 0 aliphatic rings. The number of amides is 2. The van der Waals surface area contributed by atoms with E-state index in [-0.39, 0.29) is 0 Å². The number of aryl methyl sites for hydroxylation is 1. The summed E-state index contributed by atoms with van der Waals surface area (Å²) in [6.45, 7) is 1.74. The molecule has 0 saturated carbocycles. The zero-order valence-electron chi connectivity index (χ0n) is 17.0. The lowest BCUT2D eigenvalue weighted by Gasteiger charge is -2.12. The fourth-order valence-electron chi connectivity index (χ4n) is 2.89. The molecule has 158 valence electrons. The molecule has 4 aromatic rings. The number of carbonyl (C=O) groups is 1. The van der Waals surface area contributed by atoms with Crippen LogP contribution in [0, 0.1) is 6.92 Å². The van der Waals surface area contributed by atoms with E-state index in [4.69, 9.17) is 18.7 Å². The Morgan fingerprint density at radius 3 is 2.55 bits per heavy atom. The van der Waals surface area contributed by atoms with Gasteiger partial charge in [-0.1, -0.05) is 11.2 Å². The maximum atomic E-state index is 12.2. The molecule has 10 heteroatoms. The van der Waals surface area contributed by atoms with Crippen LogP contribution in [0.15, 0.2) is 53.3 Å². The van der Waals surface area contributed by atoms with Gasteiger partial charge in [0, 0.05) is 23.9 Å². The van der Waals surface area contributed by atoms with Crippen molar-refractivity contribution in [1.82, 2.24) is 15.1 Å². The Labute approximate surface area is 177 Å². The van der Waals surface area contributed by atoms with Crippen molar-refractivity contribution in [2.24, 2.45) is 0 Å². The van der Waals surface area contributed by atoms with E-state index < -0.39 is 6.03 Å². The lowest BCUT2D eigenvalue weighted by molar-refractivity contribution is 0.262. The molecule has 2 amide bonds. The number of rotatable bonds is 6. The first kappa shape index (κ1) is 20.0.